The molecule has 1 unspecified atom stereocenters. The average Bonchev–Trinajstić information content (AvgIpc) is 2.40. The second-order valence-electron chi connectivity index (χ2n) is 3.35. The summed E-state index contributed by atoms with van der Waals surface area (Å²) in [5.41, 5.74) is 1.99. The fraction of sp³-hybridized carbons (Fsp3) is 0.364. The summed E-state index contributed by atoms with van der Waals surface area (Å²) in [5, 5.41) is 9.99. The standard InChI is InChI=1S/C10H12ClNO4S.CH5NO/c1-16-5-4-12-10(13)7-2-3-8(11)9(6-7)17(14)15;1-2-3/h2-3,6H,4-5H2,1H3,(H,12,13)(H,14,15);2-3H,1H3/p-1. The first-order valence-electron chi connectivity index (χ1n) is 5.44. The van der Waals surface area contributed by atoms with Gasteiger partial charge in [0.05, 0.1) is 11.6 Å². The Balaban J connectivity index is 0.00000110. The molecule has 0 aliphatic heterocycles. The number of carbonyl (C=O) groups excluding carboxylic acids is 1. The number of ether oxygens (including phenoxy) is 1. The van der Waals surface area contributed by atoms with Crippen LogP contribution >= 0.6 is 11.6 Å². The largest absolute Gasteiger partial charge is 0.768 e. The van der Waals surface area contributed by atoms with E-state index in [4.69, 9.17) is 21.5 Å². The number of hydroxylamine groups is 1. The SMILES string of the molecule is CNO.COCCNC(=O)c1ccc(Cl)c(S(=O)[O-])c1. The van der Waals surface area contributed by atoms with E-state index in [1.54, 1.807) is 5.48 Å². The van der Waals surface area contributed by atoms with Gasteiger partial charge in [-0.15, -0.1) is 0 Å². The van der Waals surface area contributed by atoms with Crippen LogP contribution in [-0.2, 0) is 15.8 Å². The van der Waals surface area contributed by atoms with Crippen molar-refractivity contribution in [2.45, 2.75) is 4.90 Å². The van der Waals surface area contributed by atoms with Gasteiger partial charge in [0, 0.05) is 31.2 Å². The molecule has 0 aliphatic rings. The van der Waals surface area contributed by atoms with Crippen LogP contribution < -0.4 is 10.8 Å². The van der Waals surface area contributed by atoms with Crippen molar-refractivity contribution in [1.29, 1.82) is 0 Å². The van der Waals surface area contributed by atoms with Crippen molar-refractivity contribution in [3.05, 3.63) is 28.8 Å². The van der Waals surface area contributed by atoms with Crippen LogP contribution in [0.25, 0.3) is 0 Å². The molecule has 1 rings (SSSR count). The van der Waals surface area contributed by atoms with E-state index < -0.39 is 11.1 Å². The highest BCUT2D eigenvalue weighted by atomic mass is 35.5. The summed E-state index contributed by atoms with van der Waals surface area (Å²) < 4.78 is 26.4. The number of hydrogen-bond donors (Lipinski definition) is 3. The zero-order chi connectivity index (χ0) is 15.5. The summed E-state index contributed by atoms with van der Waals surface area (Å²) in [6.45, 7) is 0.743. The molecule has 0 aliphatic carbocycles. The maximum atomic E-state index is 11.6. The van der Waals surface area contributed by atoms with Gasteiger partial charge in [0.1, 0.15) is 0 Å². The van der Waals surface area contributed by atoms with Gasteiger partial charge in [-0.05, 0) is 29.3 Å². The monoisotopic (exact) mass is 323 g/mol. The minimum absolute atomic E-state index is 0.0896. The van der Waals surface area contributed by atoms with Gasteiger partial charge < -0.3 is 19.8 Å². The zero-order valence-corrected chi connectivity index (χ0v) is 12.6. The van der Waals surface area contributed by atoms with Crippen LogP contribution in [0.15, 0.2) is 23.1 Å². The lowest BCUT2D eigenvalue weighted by atomic mass is 10.2. The van der Waals surface area contributed by atoms with Crippen molar-refractivity contribution >= 4 is 28.6 Å². The van der Waals surface area contributed by atoms with Crippen LogP contribution in [0.3, 0.4) is 0 Å². The quantitative estimate of drug-likeness (QED) is 0.414. The van der Waals surface area contributed by atoms with Gasteiger partial charge >= 0.3 is 0 Å². The molecule has 0 fully saturated rings. The molecule has 0 spiro atoms. The molecule has 0 bridgehead atoms. The molecule has 1 aromatic rings. The maximum Gasteiger partial charge on any atom is 0.251 e. The van der Waals surface area contributed by atoms with Crippen LogP contribution in [-0.4, -0.2) is 47.2 Å². The van der Waals surface area contributed by atoms with Gasteiger partial charge in [0.25, 0.3) is 5.91 Å². The van der Waals surface area contributed by atoms with Crippen molar-refractivity contribution in [3.63, 3.8) is 0 Å². The van der Waals surface area contributed by atoms with E-state index in [1.807, 2.05) is 0 Å². The van der Waals surface area contributed by atoms with Gasteiger partial charge in [0.15, 0.2) is 0 Å². The second kappa shape index (κ2) is 10.7. The Morgan fingerprint density at radius 2 is 2.15 bits per heavy atom. The van der Waals surface area contributed by atoms with Crippen molar-refractivity contribution in [2.24, 2.45) is 0 Å². The molecule has 0 aromatic heterocycles. The number of amides is 1. The van der Waals surface area contributed by atoms with Crippen LogP contribution in [0.5, 0.6) is 0 Å². The molecule has 9 heteroatoms. The summed E-state index contributed by atoms with van der Waals surface area (Å²) in [7, 11) is 2.95. The Labute approximate surface area is 124 Å². The number of rotatable bonds is 5. The minimum Gasteiger partial charge on any atom is -0.768 e. The lowest BCUT2D eigenvalue weighted by molar-refractivity contribution is 0.0937. The third-order valence-corrected chi connectivity index (χ3v) is 3.10. The van der Waals surface area contributed by atoms with Crippen LogP contribution in [0.4, 0.5) is 0 Å². The Kier molecular flexibility index (Phi) is 10.2. The highest BCUT2D eigenvalue weighted by Crippen LogP contribution is 2.20. The Hall–Kier alpha value is -1.03. The molecule has 3 N–H and O–H groups in total. The predicted octanol–water partition coefficient (Wildman–Crippen LogP) is 0.549. The maximum absolute atomic E-state index is 11.6. The van der Waals surface area contributed by atoms with Gasteiger partial charge in [-0.25, -0.2) is 5.48 Å². The summed E-state index contributed by atoms with van der Waals surface area (Å²) in [6.07, 6.45) is 0. The molecule has 7 nitrogen and oxygen atoms in total. The fourth-order valence-corrected chi connectivity index (χ4v) is 1.90. The minimum atomic E-state index is -2.46. The van der Waals surface area contributed by atoms with Crippen LogP contribution in [0.1, 0.15) is 10.4 Å². The third kappa shape index (κ3) is 6.94. The molecule has 114 valence electrons. The highest BCUT2D eigenvalue weighted by Gasteiger charge is 2.08. The van der Waals surface area contributed by atoms with Gasteiger partial charge in [-0.2, -0.15) is 0 Å². The summed E-state index contributed by atoms with van der Waals surface area (Å²) in [6, 6.07) is 4.06. The van der Waals surface area contributed by atoms with E-state index >= 15 is 0 Å². The fourth-order valence-electron chi connectivity index (χ4n) is 1.14. The molecule has 20 heavy (non-hydrogen) atoms. The number of carbonyl (C=O) groups is 1. The third-order valence-electron chi connectivity index (χ3n) is 1.96. The van der Waals surface area contributed by atoms with E-state index in [0.29, 0.717) is 13.2 Å². The molecular weight excluding hydrogens is 308 g/mol. The van der Waals surface area contributed by atoms with Crippen molar-refractivity contribution in [1.82, 2.24) is 10.8 Å². The van der Waals surface area contributed by atoms with Crippen LogP contribution in [0, 0.1) is 0 Å². The second-order valence-corrected chi connectivity index (χ2v) is 4.67. The first-order valence-corrected chi connectivity index (χ1v) is 6.90. The summed E-state index contributed by atoms with van der Waals surface area (Å²) in [4.78, 5) is 11.5. The van der Waals surface area contributed by atoms with Crippen molar-refractivity contribution in [3.8, 4) is 0 Å². The molecule has 1 atom stereocenters. The molecular formula is C11H16ClN2O5S-. The lowest BCUT2D eigenvalue weighted by Gasteiger charge is -2.10. The van der Waals surface area contributed by atoms with Crippen LogP contribution in [0.2, 0.25) is 5.02 Å². The van der Waals surface area contributed by atoms with E-state index in [-0.39, 0.29) is 21.4 Å². The number of methoxy groups -OCH3 is 1. The Bertz CT molecular complexity index is 458. The zero-order valence-electron chi connectivity index (χ0n) is 11.0. The average molecular weight is 324 g/mol. The highest BCUT2D eigenvalue weighted by molar-refractivity contribution is 7.79. The van der Waals surface area contributed by atoms with Crippen molar-refractivity contribution in [2.75, 3.05) is 27.3 Å². The summed E-state index contributed by atoms with van der Waals surface area (Å²) >= 11 is 3.22. The van der Waals surface area contributed by atoms with E-state index in [1.165, 1.54) is 32.4 Å². The molecule has 0 heterocycles. The molecule has 0 saturated heterocycles. The number of hydrogen-bond acceptors (Lipinski definition) is 6. The van der Waals surface area contributed by atoms with E-state index in [0.717, 1.165) is 0 Å². The van der Waals surface area contributed by atoms with E-state index in [2.05, 4.69) is 5.32 Å². The summed E-state index contributed by atoms with van der Waals surface area (Å²) in [5.74, 6) is -0.370. The van der Waals surface area contributed by atoms with Gasteiger partial charge in [-0.3, -0.25) is 9.00 Å². The predicted molar refractivity (Wildman–Crippen MR) is 73.7 cm³/mol. The van der Waals surface area contributed by atoms with Gasteiger partial charge in [0.2, 0.25) is 0 Å². The van der Waals surface area contributed by atoms with Crippen molar-refractivity contribution < 1.29 is 23.5 Å². The number of halogens is 1. The normalized spacial score (nSPS) is 11.2. The Morgan fingerprint density at radius 3 is 2.65 bits per heavy atom. The molecule has 1 amide bonds. The van der Waals surface area contributed by atoms with E-state index in [9.17, 15) is 13.6 Å². The smallest absolute Gasteiger partial charge is 0.251 e. The first-order chi connectivity index (χ1) is 9.47. The number of nitrogens with one attached hydrogen (secondary N) is 2. The first kappa shape index (κ1) is 19.0. The molecule has 1 aromatic carbocycles. The lowest BCUT2D eigenvalue weighted by Crippen LogP contribution is -2.27. The Morgan fingerprint density at radius 1 is 1.55 bits per heavy atom. The molecule has 0 saturated carbocycles. The molecule has 0 radical (unpaired) electrons. The van der Waals surface area contributed by atoms with Gasteiger partial charge in [-0.1, -0.05) is 11.6 Å². The topological polar surface area (TPSA) is 111 Å². The number of benzene rings is 1.